The lowest BCUT2D eigenvalue weighted by atomic mass is 9.73. The molecule has 1 heterocycles. The van der Waals surface area contributed by atoms with Gasteiger partial charge >= 0.3 is 0 Å². The van der Waals surface area contributed by atoms with Crippen LogP contribution in [0.3, 0.4) is 0 Å². The van der Waals surface area contributed by atoms with Crippen LogP contribution in [-0.2, 0) is 15.1 Å². The molecule has 2 unspecified atom stereocenters. The van der Waals surface area contributed by atoms with Crippen molar-refractivity contribution in [3.05, 3.63) is 34.9 Å². The van der Waals surface area contributed by atoms with Crippen molar-refractivity contribution in [1.29, 1.82) is 0 Å². The maximum Gasteiger partial charge on any atom is 0.246 e. The van der Waals surface area contributed by atoms with E-state index in [-0.39, 0.29) is 18.6 Å². The van der Waals surface area contributed by atoms with E-state index in [1.54, 1.807) is 0 Å². The molecule has 1 aromatic carbocycles. The quantitative estimate of drug-likeness (QED) is 0.848. The van der Waals surface area contributed by atoms with Crippen LogP contribution in [0.5, 0.6) is 0 Å². The van der Waals surface area contributed by atoms with Crippen molar-refractivity contribution in [3.63, 3.8) is 0 Å². The van der Waals surface area contributed by atoms with E-state index in [1.807, 2.05) is 24.3 Å². The Balaban J connectivity index is 2.07. The van der Waals surface area contributed by atoms with Gasteiger partial charge in [0.1, 0.15) is 6.61 Å². The van der Waals surface area contributed by atoms with Crippen LogP contribution in [0.25, 0.3) is 0 Å². The highest BCUT2D eigenvalue weighted by atomic mass is 35.5. The first kappa shape index (κ1) is 12.0. The summed E-state index contributed by atoms with van der Waals surface area (Å²) >= 11 is 6.31. The Morgan fingerprint density at radius 3 is 3.00 bits per heavy atom. The summed E-state index contributed by atoms with van der Waals surface area (Å²) < 4.78 is 5.74. The van der Waals surface area contributed by atoms with Crippen LogP contribution in [0, 0.1) is 0 Å². The number of halogens is 1. The van der Waals surface area contributed by atoms with E-state index < -0.39 is 5.54 Å². The van der Waals surface area contributed by atoms with E-state index in [0.717, 1.165) is 31.2 Å². The zero-order chi connectivity index (χ0) is 12.6. The highest BCUT2D eigenvalue weighted by molar-refractivity contribution is 6.31. The summed E-state index contributed by atoms with van der Waals surface area (Å²) in [6.45, 7) is 0.164. The summed E-state index contributed by atoms with van der Waals surface area (Å²) in [6, 6.07) is 7.74. The number of benzene rings is 1. The fraction of sp³-hybridized carbons (Fsp3) is 0.500. The Labute approximate surface area is 111 Å². The number of hydrogen-bond donors (Lipinski definition) is 1. The van der Waals surface area contributed by atoms with Crippen LogP contribution < -0.4 is 5.32 Å². The van der Waals surface area contributed by atoms with Crippen molar-refractivity contribution in [1.82, 2.24) is 5.32 Å². The van der Waals surface area contributed by atoms with Gasteiger partial charge in [-0.1, -0.05) is 42.6 Å². The molecule has 3 rings (SSSR count). The Morgan fingerprint density at radius 2 is 2.17 bits per heavy atom. The topological polar surface area (TPSA) is 38.3 Å². The van der Waals surface area contributed by atoms with Crippen molar-refractivity contribution >= 4 is 17.5 Å². The molecule has 2 fully saturated rings. The SMILES string of the molecule is O=C1COC2CCCCC2(c2ccccc2Cl)N1. The van der Waals surface area contributed by atoms with Crippen LogP contribution in [0.2, 0.25) is 5.02 Å². The summed E-state index contributed by atoms with van der Waals surface area (Å²) in [5.41, 5.74) is 0.566. The van der Waals surface area contributed by atoms with Crippen LogP contribution in [-0.4, -0.2) is 18.6 Å². The summed E-state index contributed by atoms with van der Waals surface area (Å²) in [5.74, 6) is -0.0481. The van der Waals surface area contributed by atoms with Gasteiger partial charge in [0.15, 0.2) is 0 Å². The molecule has 2 aliphatic rings. The molecule has 96 valence electrons. The molecule has 2 atom stereocenters. The molecule has 0 spiro atoms. The molecular weight excluding hydrogens is 250 g/mol. The third-order valence-electron chi connectivity index (χ3n) is 3.97. The number of carbonyl (C=O) groups excluding carboxylic acids is 1. The van der Waals surface area contributed by atoms with Crippen molar-refractivity contribution in [2.24, 2.45) is 0 Å². The molecule has 18 heavy (non-hydrogen) atoms. The molecule has 1 amide bonds. The first-order valence-electron chi connectivity index (χ1n) is 6.40. The number of ether oxygens (including phenoxy) is 1. The van der Waals surface area contributed by atoms with Crippen LogP contribution in [0.1, 0.15) is 31.2 Å². The van der Waals surface area contributed by atoms with Gasteiger partial charge in [0.05, 0.1) is 11.6 Å². The second kappa shape index (κ2) is 4.56. The Kier molecular flexibility index (Phi) is 3.04. The summed E-state index contributed by atoms with van der Waals surface area (Å²) in [4.78, 5) is 11.7. The van der Waals surface area contributed by atoms with E-state index in [1.165, 1.54) is 0 Å². The highest BCUT2D eigenvalue weighted by Gasteiger charge is 2.47. The van der Waals surface area contributed by atoms with E-state index in [2.05, 4.69) is 5.32 Å². The highest BCUT2D eigenvalue weighted by Crippen LogP contribution is 2.43. The minimum Gasteiger partial charge on any atom is -0.366 e. The lowest BCUT2D eigenvalue weighted by molar-refractivity contribution is -0.148. The van der Waals surface area contributed by atoms with E-state index in [9.17, 15) is 4.79 Å². The number of morpholine rings is 1. The largest absolute Gasteiger partial charge is 0.366 e. The number of nitrogens with one attached hydrogen (secondary N) is 1. The average molecular weight is 266 g/mol. The molecule has 1 N–H and O–H groups in total. The lowest BCUT2D eigenvalue weighted by Crippen LogP contribution is -2.61. The van der Waals surface area contributed by atoms with Gasteiger partial charge in [0.25, 0.3) is 0 Å². The third-order valence-corrected chi connectivity index (χ3v) is 4.30. The minimum atomic E-state index is -0.425. The minimum absolute atomic E-state index is 0.0452. The lowest BCUT2D eigenvalue weighted by Gasteiger charge is -2.47. The standard InChI is InChI=1S/C14H16ClNO2/c15-11-6-2-1-5-10(11)14-8-4-3-7-12(14)18-9-13(17)16-14/h1-2,5-6,12H,3-4,7-9H2,(H,16,17). The van der Waals surface area contributed by atoms with Gasteiger partial charge in [-0.2, -0.15) is 0 Å². The monoisotopic (exact) mass is 265 g/mol. The molecule has 1 aliphatic carbocycles. The normalized spacial score (nSPS) is 31.6. The number of fused-ring (bicyclic) bond motifs is 1. The molecule has 0 bridgehead atoms. The van der Waals surface area contributed by atoms with Gasteiger partial charge in [-0.25, -0.2) is 0 Å². The first-order chi connectivity index (χ1) is 8.72. The fourth-order valence-corrected chi connectivity index (χ4v) is 3.47. The van der Waals surface area contributed by atoms with Crippen molar-refractivity contribution in [2.45, 2.75) is 37.3 Å². The van der Waals surface area contributed by atoms with Gasteiger partial charge in [0, 0.05) is 5.02 Å². The summed E-state index contributed by atoms with van der Waals surface area (Å²) in [5, 5.41) is 3.84. The Hall–Kier alpha value is -1.06. The summed E-state index contributed by atoms with van der Waals surface area (Å²) in [7, 11) is 0. The second-order valence-electron chi connectivity index (χ2n) is 5.04. The Bertz CT molecular complexity index is 477. The van der Waals surface area contributed by atoms with E-state index in [4.69, 9.17) is 16.3 Å². The van der Waals surface area contributed by atoms with Crippen LogP contribution in [0.15, 0.2) is 24.3 Å². The van der Waals surface area contributed by atoms with Gasteiger partial charge < -0.3 is 10.1 Å². The summed E-state index contributed by atoms with van der Waals surface area (Å²) in [6.07, 6.45) is 4.15. The van der Waals surface area contributed by atoms with E-state index >= 15 is 0 Å². The average Bonchev–Trinajstić information content (AvgIpc) is 2.38. The zero-order valence-electron chi connectivity index (χ0n) is 10.1. The molecule has 1 saturated heterocycles. The molecular formula is C14H16ClNO2. The van der Waals surface area contributed by atoms with Crippen molar-refractivity contribution < 1.29 is 9.53 Å². The fourth-order valence-electron chi connectivity index (χ4n) is 3.17. The van der Waals surface area contributed by atoms with Crippen LogP contribution in [0.4, 0.5) is 0 Å². The van der Waals surface area contributed by atoms with Gasteiger partial charge in [0.2, 0.25) is 5.91 Å². The number of amides is 1. The van der Waals surface area contributed by atoms with Crippen molar-refractivity contribution in [3.8, 4) is 0 Å². The van der Waals surface area contributed by atoms with Gasteiger partial charge in [-0.05, 0) is 24.5 Å². The molecule has 0 radical (unpaired) electrons. The third kappa shape index (κ3) is 1.82. The van der Waals surface area contributed by atoms with Gasteiger partial charge in [-0.3, -0.25) is 4.79 Å². The number of carbonyl (C=O) groups is 1. The molecule has 1 saturated carbocycles. The smallest absolute Gasteiger partial charge is 0.246 e. The second-order valence-corrected chi connectivity index (χ2v) is 5.45. The van der Waals surface area contributed by atoms with Gasteiger partial charge in [-0.15, -0.1) is 0 Å². The maximum atomic E-state index is 11.7. The molecule has 1 aliphatic heterocycles. The predicted molar refractivity (Wildman–Crippen MR) is 69.5 cm³/mol. The maximum absolute atomic E-state index is 11.7. The number of rotatable bonds is 1. The van der Waals surface area contributed by atoms with Crippen LogP contribution >= 0.6 is 11.6 Å². The zero-order valence-corrected chi connectivity index (χ0v) is 10.9. The molecule has 3 nitrogen and oxygen atoms in total. The predicted octanol–water partition coefficient (Wildman–Crippen LogP) is 2.62. The van der Waals surface area contributed by atoms with E-state index in [0.29, 0.717) is 5.02 Å². The first-order valence-corrected chi connectivity index (χ1v) is 6.78. The van der Waals surface area contributed by atoms with Crippen molar-refractivity contribution in [2.75, 3.05) is 6.61 Å². The number of hydrogen-bond acceptors (Lipinski definition) is 2. The molecule has 1 aromatic rings. The molecule has 4 heteroatoms. The Morgan fingerprint density at radius 1 is 1.33 bits per heavy atom. The molecule has 0 aromatic heterocycles.